The zero-order chi connectivity index (χ0) is 22.5. The normalized spacial score (nSPS) is 11.1. The van der Waals surface area contributed by atoms with Gasteiger partial charge in [-0.15, -0.1) is 0 Å². The van der Waals surface area contributed by atoms with Gasteiger partial charge in [0.2, 0.25) is 0 Å². The van der Waals surface area contributed by atoms with E-state index in [2.05, 4.69) is 0 Å². The summed E-state index contributed by atoms with van der Waals surface area (Å²) < 4.78 is 5.74. The van der Waals surface area contributed by atoms with Gasteiger partial charge in [0.15, 0.2) is 5.75 Å². The van der Waals surface area contributed by atoms with Crippen LogP contribution < -0.4 is 4.74 Å². The fourth-order valence-corrected chi connectivity index (χ4v) is 3.65. The molecule has 0 radical (unpaired) electrons. The number of nitro benzene ring substituents is 1. The van der Waals surface area contributed by atoms with Crippen LogP contribution in [0, 0.1) is 21.4 Å². The van der Waals surface area contributed by atoms with Crippen LogP contribution in [0.3, 0.4) is 0 Å². The van der Waals surface area contributed by atoms with Crippen LogP contribution in [0.2, 0.25) is 20.1 Å². The molecule has 0 aliphatic carbocycles. The average Bonchev–Trinajstić information content (AvgIpc) is 2.74. The van der Waals surface area contributed by atoms with Gasteiger partial charge >= 0.3 is 0 Å². The summed E-state index contributed by atoms with van der Waals surface area (Å²) in [5, 5.41) is 21.8. The van der Waals surface area contributed by atoms with Crippen LogP contribution in [0.5, 0.6) is 5.75 Å². The molecule has 0 saturated carbocycles. The summed E-state index contributed by atoms with van der Waals surface area (Å²) in [5.74, 6) is 0.278. The van der Waals surface area contributed by atoms with Gasteiger partial charge in [-0.2, -0.15) is 5.26 Å². The molecular weight excluding hydrogens is 482 g/mol. The van der Waals surface area contributed by atoms with Gasteiger partial charge in [-0.3, -0.25) is 10.1 Å². The molecule has 0 saturated heterocycles. The van der Waals surface area contributed by atoms with Crippen LogP contribution in [0.1, 0.15) is 16.7 Å². The van der Waals surface area contributed by atoms with Crippen molar-refractivity contribution in [3.63, 3.8) is 0 Å². The average molecular weight is 494 g/mol. The predicted molar refractivity (Wildman–Crippen MR) is 124 cm³/mol. The van der Waals surface area contributed by atoms with E-state index >= 15 is 0 Å². The van der Waals surface area contributed by atoms with Gasteiger partial charge in [-0.05, 0) is 47.0 Å². The molecule has 5 nitrogen and oxygen atoms in total. The molecule has 0 heterocycles. The second-order valence-electron chi connectivity index (χ2n) is 6.33. The minimum Gasteiger partial charge on any atom is -0.486 e. The van der Waals surface area contributed by atoms with E-state index in [-0.39, 0.29) is 33.7 Å². The molecule has 0 atom stereocenters. The highest BCUT2D eigenvalue weighted by molar-refractivity contribution is 6.42. The van der Waals surface area contributed by atoms with E-state index in [0.717, 1.165) is 5.56 Å². The van der Waals surface area contributed by atoms with Crippen molar-refractivity contribution in [3.8, 4) is 11.8 Å². The summed E-state index contributed by atoms with van der Waals surface area (Å²) in [4.78, 5) is 10.5. The highest BCUT2D eigenvalue weighted by atomic mass is 35.5. The molecule has 3 rings (SSSR count). The van der Waals surface area contributed by atoms with Gasteiger partial charge in [-0.1, -0.05) is 64.6 Å². The van der Waals surface area contributed by atoms with Gasteiger partial charge < -0.3 is 4.74 Å². The van der Waals surface area contributed by atoms with E-state index in [9.17, 15) is 15.4 Å². The van der Waals surface area contributed by atoms with E-state index in [1.807, 2.05) is 6.07 Å². The Hall–Kier alpha value is -2.75. The Bertz CT molecular complexity index is 1210. The van der Waals surface area contributed by atoms with Crippen molar-refractivity contribution in [2.45, 2.75) is 6.61 Å². The van der Waals surface area contributed by atoms with Crippen LogP contribution in [0.15, 0.2) is 54.6 Å². The van der Waals surface area contributed by atoms with Crippen LogP contribution in [-0.4, -0.2) is 4.92 Å². The third-order valence-corrected chi connectivity index (χ3v) is 5.49. The first-order chi connectivity index (χ1) is 14.8. The topological polar surface area (TPSA) is 76.2 Å². The van der Waals surface area contributed by atoms with E-state index in [0.29, 0.717) is 21.2 Å². The highest BCUT2D eigenvalue weighted by Gasteiger charge is 2.13. The molecule has 3 aromatic rings. The molecule has 9 heteroatoms. The first-order valence-electron chi connectivity index (χ1n) is 8.71. The minimum absolute atomic E-state index is 0.110. The minimum atomic E-state index is -0.522. The number of hydrogen-bond acceptors (Lipinski definition) is 4. The van der Waals surface area contributed by atoms with E-state index in [1.165, 1.54) is 18.2 Å². The zero-order valence-corrected chi connectivity index (χ0v) is 18.6. The fourth-order valence-electron chi connectivity index (χ4n) is 2.72. The molecular formula is C22H12Cl4N2O3. The van der Waals surface area contributed by atoms with Crippen LogP contribution in [0.4, 0.5) is 5.69 Å². The summed E-state index contributed by atoms with van der Waals surface area (Å²) in [7, 11) is 0. The third kappa shape index (κ3) is 5.69. The molecule has 0 aliphatic rings. The molecule has 0 N–H and O–H groups in total. The van der Waals surface area contributed by atoms with Gasteiger partial charge in [0.25, 0.3) is 5.69 Å². The standard InChI is InChI=1S/C22H12Cl4N2O3/c23-18-5-4-13(7-19(18)24)12-31-22-20(25)8-14(9-21(22)26)6-16(11-27)15-2-1-3-17(10-15)28(29)30/h1-10H,12H2/b16-6-. The second kappa shape index (κ2) is 10.0. The predicted octanol–water partition coefficient (Wildman–Crippen LogP) is 7.85. The van der Waals surface area contributed by atoms with Crippen molar-refractivity contribution < 1.29 is 9.66 Å². The van der Waals surface area contributed by atoms with Crippen LogP contribution in [0.25, 0.3) is 11.6 Å². The van der Waals surface area contributed by atoms with Crippen molar-refractivity contribution in [1.82, 2.24) is 0 Å². The van der Waals surface area contributed by atoms with E-state index < -0.39 is 4.92 Å². The number of benzene rings is 3. The summed E-state index contributed by atoms with van der Waals surface area (Å²) >= 11 is 24.6. The Balaban J connectivity index is 1.86. The maximum Gasteiger partial charge on any atom is 0.270 e. The largest absolute Gasteiger partial charge is 0.486 e. The fraction of sp³-hybridized carbons (Fsp3) is 0.0455. The lowest BCUT2D eigenvalue weighted by molar-refractivity contribution is -0.384. The number of rotatable bonds is 6. The van der Waals surface area contributed by atoms with Gasteiger partial charge in [0.05, 0.1) is 36.7 Å². The van der Waals surface area contributed by atoms with Crippen molar-refractivity contribution in [1.29, 1.82) is 5.26 Å². The van der Waals surface area contributed by atoms with Gasteiger partial charge in [0, 0.05) is 12.1 Å². The summed E-state index contributed by atoms with van der Waals surface area (Å²) in [6, 6.07) is 16.1. The maximum atomic E-state index is 11.0. The number of ether oxygens (including phenoxy) is 1. The van der Waals surface area contributed by atoms with Gasteiger partial charge in [0.1, 0.15) is 6.61 Å². The summed E-state index contributed by atoms with van der Waals surface area (Å²) in [6.07, 6.45) is 1.54. The first-order valence-corrected chi connectivity index (χ1v) is 10.2. The van der Waals surface area contributed by atoms with Crippen LogP contribution in [-0.2, 0) is 6.61 Å². The van der Waals surface area contributed by atoms with E-state index in [1.54, 1.807) is 42.5 Å². The lowest BCUT2D eigenvalue weighted by Gasteiger charge is -2.12. The molecule has 3 aromatic carbocycles. The Labute approximate surface area is 198 Å². The maximum absolute atomic E-state index is 11.0. The monoisotopic (exact) mass is 492 g/mol. The number of nitrogens with zero attached hydrogens (tertiary/aromatic N) is 2. The van der Waals surface area contributed by atoms with Gasteiger partial charge in [-0.25, -0.2) is 0 Å². The zero-order valence-electron chi connectivity index (χ0n) is 15.6. The Morgan fingerprint density at radius 1 is 1.00 bits per heavy atom. The lowest BCUT2D eigenvalue weighted by atomic mass is 10.0. The smallest absolute Gasteiger partial charge is 0.270 e. The number of non-ortho nitro benzene ring substituents is 1. The number of halogens is 4. The van der Waals surface area contributed by atoms with Crippen molar-refractivity contribution in [2.24, 2.45) is 0 Å². The molecule has 0 spiro atoms. The molecule has 31 heavy (non-hydrogen) atoms. The molecule has 0 bridgehead atoms. The Morgan fingerprint density at radius 3 is 2.32 bits per heavy atom. The summed E-state index contributed by atoms with van der Waals surface area (Å²) in [6.45, 7) is 0.169. The summed E-state index contributed by atoms with van der Waals surface area (Å²) in [5.41, 5.74) is 1.84. The van der Waals surface area contributed by atoms with Crippen molar-refractivity contribution in [3.05, 3.63) is 101 Å². The number of allylic oxidation sites excluding steroid dienone is 1. The second-order valence-corrected chi connectivity index (χ2v) is 7.96. The molecule has 0 aliphatic heterocycles. The molecule has 156 valence electrons. The third-order valence-electron chi connectivity index (χ3n) is 4.19. The number of hydrogen-bond donors (Lipinski definition) is 0. The van der Waals surface area contributed by atoms with Crippen molar-refractivity contribution >= 4 is 63.7 Å². The lowest BCUT2D eigenvalue weighted by Crippen LogP contribution is -1.97. The van der Waals surface area contributed by atoms with E-state index in [4.69, 9.17) is 51.1 Å². The first kappa shape index (κ1) is 22.9. The number of nitriles is 1. The molecule has 0 aromatic heterocycles. The Morgan fingerprint density at radius 2 is 1.71 bits per heavy atom. The number of nitro groups is 1. The molecule has 0 fully saturated rings. The Kier molecular flexibility index (Phi) is 7.42. The molecule has 0 amide bonds. The SMILES string of the molecule is N#C/C(=C/c1cc(Cl)c(OCc2ccc(Cl)c(Cl)c2)c(Cl)c1)c1cccc([N+](=O)[O-])c1. The molecule has 0 unspecified atom stereocenters. The van der Waals surface area contributed by atoms with Crippen molar-refractivity contribution in [2.75, 3.05) is 0 Å². The highest BCUT2D eigenvalue weighted by Crippen LogP contribution is 2.36. The quantitative estimate of drug-likeness (QED) is 0.151. The van der Waals surface area contributed by atoms with Crippen LogP contribution >= 0.6 is 46.4 Å².